The summed E-state index contributed by atoms with van der Waals surface area (Å²) in [7, 11) is 1.70. The number of methoxy groups -OCH3 is 1. The highest BCUT2D eigenvalue weighted by Crippen LogP contribution is 2.26. The molecule has 1 heterocycles. The SMILES string of the molecule is CCNC(Cc1cccc(OC)c1)c1scnc1C. The zero-order chi connectivity index (χ0) is 13.7. The number of ether oxygens (including phenoxy) is 1. The van der Waals surface area contributed by atoms with E-state index in [1.54, 1.807) is 18.4 Å². The number of likely N-dealkylation sites (N-methyl/N-ethyl adjacent to an activating group) is 1. The van der Waals surface area contributed by atoms with E-state index < -0.39 is 0 Å². The zero-order valence-corrected chi connectivity index (χ0v) is 12.5. The Bertz CT molecular complexity index is 524. The molecule has 0 spiro atoms. The second-order valence-electron chi connectivity index (χ2n) is 4.47. The number of nitrogens with one attached hydrogen (secondary N) is 1. The van der Waals surface area contributed by atoms with E-state index >= 15 is 0 Å². The molecule has 1 atom stereocenters. The third-order valence-electron chi connectivity index (χ3n) is 3.12. The van der Waals surface area contributed by atoms with Gasteiger partial charge in [0.1, 0.15) is 5.75 Å². The Balaban J connectivity index is 2.18. The van der Waals surface area contributed by atoms with Crippen molar-refractivity contribution in [2.24, 2.45) is 0 Å². The first-order chi connectivity index (χ1) is 9.24. The van der Waals surface area contributed by atoms with Gasteiger partial charge in [-0.25, -0.2) is 4.98 Å². The molecule has 1 aromatic heterocycles. The summed E-state index contributed by atoms with van der Waals surface area (Å²) in [5, 5.41) is 3.54. The number of nitrogens with zero attached hydrogens (tertiary/aromatic N) is 1. The zero-order valence-electron chi connectivity index (χ0n) is 11.6. The summed E-state index contributed by atoms with van der Waals surface area (Å²) in [6, 6.07) is 8.58. The van der Waals surface area contributed by atoms with Gasteiger partial charge < -0.3 is 10.1 Å². The molecule has 3 nitrogen and oxygen atoms in total. The van der Waals surface area contributed by atoms with Gasteiger partial charge in [-0.3, -0.25) is 0 Å². The van der Waals surface area contributed by atoms with Crippen LogP contribution in [0.4, 0.5) is 0 Å². The number of rotatable bonds is 6. The normalized spacial score (nSPS) is 12.4. The Labute approximate surface area is 118 Å². The van der Waals surface area contributed by atoms with Crippen LogP contribution < -0.4 is 10.1 Å². The summed E-state index contributed by atoms with van der Waals surface area (Å²) in [4.78, 5) is 5.67. The van der Waals surface area contributed by atoms with Gasteiger partial charge in [0.25, 0.3) is 0 Å². The average molecular weight is 276 g/mol. The van der Waals surface area contributed by atoms with Gasteiger partial charge in [-0.05, 0) is 37.6 Å². The van der Waals surface area contributed by atoms with Crippen LogP contribution >= 0.6 is 11.3 Å². The molecule has 0 aliphatic heterocycles. The lowest BCUT2D eigenvalue weighted by Crippen LogP contribution is -2.22. The second-order valence-corrected chi connectivity index (χ2v) is 5.35. The summed E-state index contributed by atoms with van der Waals surface area (Å²) in [5.74, 6) is 0.911. The van der Waals surface area contributed by atoms with Crippen molar-refractivity contribution in [1.82, 2.24) is 10.3 Å². The molecule has 1 aromatic carbocycles. The Morgan fingerprint density at radius 2 is 2.26 bits per heavy atom. The maximum Gasteiger partial charge on any atom is 0.119 e. The molecule has 0 radical (unpaired) electrons. The predicted octanol–water partition coefficient (Wildman–Crippen LogP) is 3.35. The number of aromatic nitrogens is 1. The second kappa shape index (κ2) is 6.68. The van der Waals surface area contributed by atoms with Crippen molar-refractivity contribution in [3.8, 4) is 5.75 Å². The Kier molecular flexibility index (Phi) is 4.93. The molecule has 19 heavy (non-hydrogen) atoms. The molecule has 2 aromatic rings. The van der Waals surface area contributed by atoms with E-state index in [0.717, 1.165) is 24.4 Å². The molecule has 1 N–H and O–H groups in total. The summed E-state index contributed by atoms with van der Waals surface area (Å²) >= 11 is 1.72. The molecule has 4 heteroatoms. The van der Waals surface area contributed by atoms with Crippen molar-refractivity contribution in [3.63, 3.8) is 0 Å². The smallest absolute Gasteiger partial charge is 0.119 e. The van der Waals surface area contributed by atoms with Gasteiger partial charge in [-0.2, -0.15) is 0 Å². The highest BCUT2D eigenvalue weighted by molar-refractivity contribution is 7.09. The Morgan fingerprint density at radius 3 is 2.89 bits per heavy atom. The van der Waals surface area contributed by atoms with Gasteiger partial charge in [0.15, 0.2) is 0 Å². The predicted molar refractivity (Wildman–Crippen MR) is 80.0 cm³/mol. The number of benzene rings is 1. The number of thiazole rings is 1. The molecule has 0 aliphatic rings. The molecule has 0 fully saturated rings. The summed E-state index contributed by atoms with van der Waals surface area (Å²) in [6.45, 7) is 5.16. The maximum absolute atomic E-state index is 5.28. The highest BCUT2D eigenvalue weighted by atomic mass is 32.1. The molecular formula is C15H20N2OS. The van der Waals surface area contributed by atoms with Gasteiger partial charge >= 0.3 is 0 Å². The van der Waals surface area contributed by atoms with E-state index in [0.29, 0.717) is 6.04 Å². The van der Waals surface area contributed by atoms with Crippen LogP contribution in [0.15, 0.2) is 29.8 Å². The lowest BCUT2D eigenvalue weighted by molar-refractivity contribution is 0.414. The van der Waals surface area contributed by atoms with E-state index in [-0.39, 0.29) is 0 Å². The molecule has 1 unspecified atom stereocenters. The van der Waals surface area contributed by atoms with Crippen LogP contribution in [0, 0.1) is 6.92 Å². The fourth-order valence-electron chi connectivity index (χ4n) is 2.18. The summed E-state index contributed by atoms with van der Waals surface area (Å²) in [5.41, 5.74) is 4.32. The van der Waals surface area contributed by atoms with Crippen molar-refractivity contribution in [2.75, 3.05) is 13.7 Å². The number of hydrogen-bond acceptors (Lipinski definition) is 4. The van der Waals surface area contributed by atoms with Crippen molar-refractivity contribution >= 4 is 11.3 Å². The standard InChI is InChI=1S/C15H20N2OS/c1-4-16-14(15-11(2)17-10-19-15)9-12-6-5-7-13(8-12)18-3/h5-8,10,14,16H,4,9H2,1-3H3. The molecule has 0 bridgehead atoms. The van der Waals surface area contributed by atoms with Gasteiger partial charge in [0.05, 0.1) is 18.3 Å². The van der Waals surface area contributed by atoms with Gasteiger partial charge in [-0.15, -0.1) is 11.3 Å². The minimum Gasteiger partial charge on any atom is -0.497 e. The molecule has 102 valence electrons. The fourth-order valence-corrected chi connectivity index (χ4v) is 3.06. The number of aryl methyl sites for hydroxylation is 1. The molecule has 2 rings (SSSR count). The topological polar surface area (TPSA) is 34.1 Å². The molecule has 0 saturated heterocycles. The monoisotopic (exact) mass is 276 g/mol. The first-order valence-corrected chi connectivity index (χ1v) is 7.38. The van der Waals surface area contributed by atoms with E-state index in [4.69, 9.17) is 4.74 Å². The van der Waals surface area contributed by atoms with Gasteiger partial charge in [0.2, 0.25) is 0 Å². The lowest BCUT2D eigenvalue weighted by atomic mass is 10.0. The molecule has 0 saturated carbocycles. The van der Waals surface area contributed by atoms with Crippen LogP contribution in [0.25, 0.3) is 0 Å². The average Bonchev–Trinajstić information content (AvgIpc) is 2.85. The van der Waals surface area contributed by atoms with Crippen LogP contribution in [-0.4, -0.2) is 18.6 Å². The molecular weight excluding hydrogens is 256 g/mol. The number of hydrogen-bond donors (Lipinski definition) is 1. The fraction of sp³-hybridized carbons (Fsp3) is 0.400. The van der Waals surface area contributed by atoms with Crippen LogP contribution in [-0.2, 0) is 6.42 Å². The maximum atomic E-state index is 5.28. The Morgan fingerprint density at radius 1 is 1.42 bits per heavy atom. The van der Waals surface area contributed by atoms with Crippen molar-refractivity contribution < 1.29 is 4.74 Å². The highest BCUT2D eigenvalue weighted by Gasteiger charge is 2.15. The van der Waals surface area contributed by atoms with Crippen molar-refractivity contribution in [2.45, 2.75) is 26.3 Å². The first kappa shape index (κ1) is 14.0. The van der Waals surface area contributed by atoms with Crippen molar-refractivity contribution in [3.05, 3.63) is 45.9 Å². The lowest BCUT2D eigenvalue weighted by Gasteiger charge is -2.17. The van der Waals surface area contributed by atoms with Crippen molar-refractivity contribution in [1.29, 1.82) is 0 Å². The van der Waals surface area contributed by atoms with Gasteiger partial charge in [-0.1, -0.05) is 19.1 Å². The van der Waals surface area contributed by atoms with E-state index in [9.17, 15) is 0 Å². The summed E-state index contributed by atoms with van der Waals surface area (Å²) < 4.78 is 5.28. The molecule has 0 aliphatic carbocycles. The van der Waals surface area contributed by atoms with Crippen LogP contribution in [0.3, 0.4) is 0 Å². The third kappa shape index (κ3) is 3.55. The first-order valence-electron chi connectivity index (χ1n) is 6.51. The quantitative estimate of drug-likeness (QED) is 0.878. The molecule has 0 amide bonds. The van der Waals surface area contributed by atoms with Crippen LogP contribution in [0.5, 0.6) is 5.75 Å². The third-order valence-corrected chi connectivity index (χ3v) is 4.17. The van der Waals surface area contributed by atoms with E-state index in [1.807, 2.05) is 17.6 Å². The Hall–Kier alpha value is -1.39. The largest absolute Gasteiger partial charge is 0.497 e. The van der Waals surface area contributed by atoms with Crippen LogP contribution in [0.2, 0.25) is 0 Å². The minimum atomic E-state index is 0.324. The summed E-state index contributed by atoms with van der Waals surface area (Å²) in [6.07, 6.45) is 0.952. The minimum absolute atomic E-state index is 0.324. The van der Waals surface area contributed by atoms with Gasteiger partial charge in [0, 0.05) is 10.9 Å². The van der Waals surface area contributed by atoms with E-state index in [2.05, 4.69) is 36.3 Å². The van der Waals surface area contributed by atoms with E-state index in [1.165, 1.54) is 10.4 Å². The van der Waals surface area contributed by atoms with Crippen LogP contribution in [0.1, 0.15) is 29.1 Å².